The maximum absolute atomic E-state index is 11.7. The largest absolute Gasteiger partial charge is 0.481 e. The Bertz CT molecular complexity index is 379. The zero-order chi connectivity index (χ0) is 15.3. The zero-order valence-electron chi connectivity index (χ0n) is 11.8. The minimum atomic E-state index is -1.13. The highest BCUT2D eigenvalue weighted by Crippen LogP contribution is 2.30. The van der Waals surface area contributed by atoms with Gasteiger partial charge in [0.1, 0.15) is 6.61 Å². The van der Waals surface area contributed by atoms with Crippen LogP contribution in [0.3, 0.4) is 0 Å². The van der Waals surface area contributed by atoms with Gasteiger partial charge in [0.15, 0.2) is 0 Å². The van der Waals surface area contributed by atoms with Crippen LogP contribution in [0.25, 0.3) is 0 Å². The van der Waals surface area contributed by atoms with Crippen molar-refractivity contribution in [3.8, 4) is 0 Å². The van der Waals surface area contributed by atoms with Gasteiger partial charge in [0.2, 0.25) is 5.91 Å². The standard InChI is InChI=1S/C13H22N2O5/c1-7(2)10(6-20-13(19)8-3-4-8)15-12(18)9(14)5-11(16)17/h7-10H,3-6,14H2,1-2H3,(H,15,18)(H,16,17)/t9-,10-/m1/s1. The summed E-state index contributed by atoms with van der Waals surface area (Å²) in [5.41, 5.74) is 5.48. The van der Waals surface area contributed by atoms with Crippen LogP contribution in [-0.2, 0) is 19.1 Å². The monoisotopic (exact) mass is 286 g/mol. The minimum Gasteiger partial charge on any atom is -0.481 e. The number of carboxylic acid groups (broad SMARTS) is 1. The highest BCUT2D eigenvalue weighted by atomic mass is 16.5. The van der Waals surface area contributed by atoms with E-state index in [-0.39, 0.29) is 30.5 Å². The molecule has 1 fully saturated rings. The first-order valence-corrected chi connectivity index (χ1v) is 6.75. The Morgan fingerprint density at radius 1 is 1.35 bits per heavy atom. The molecule has 0 spiro atoms. The second kappa shape index (κ2) is 7.23. The number of nitrogens with one attached hydrogen (secondary N) is 1. The van der Waals surface area contributed by atoms with E-state index in [4.69, 9.17) is 15.6 Å². The summed E-state index contributed by atoms with van der Waals surface area (Å²) in [4.78, 5) is 33.7. The summed E-state index contributed by atoms with van der Waals surface area (Å²) >= 11 is 0. The quantitative estimate of drug-likeness (QED) is 0.535. The van der Waals surface area contributed by atoms with Crippen LogP contribution in [0, 0.1) is 11.8 Å². The third-order valence-electron chi connectivity index (χ3n) is 3.18. The molecular formula is C13H22N2O5. The third-order valence-corrected chi connectivity index (χ3v) is 3.18. The Labute approximate surface area is 117 Å². The normalized spacial score (nSPS) is 17.4. The van der Waals surface area contributed by atoms with E-state index < -0.39 is 24.3 Å². The van der Waals surface area contributed by atoms with E-state index in [9.17, 15) is 14.4 Å². The number of aliphatic carboxylic acids is 1. The number of esters is 1. The van der Waals surface area contributed by atoms with Gasteiger partial charge in [-0.25, -0.2) is 0 Å². The molecule has 20 heavy (non-hydrogen) atoms. The van der Waals surface area contributed by atoms with Crippen molar-refractivity contribution >= 4 is 17.8 Å². The maximum atomic E-state index is 11.7. The van der Waals surface area contributed by atoms with Crippen molar-refractivity contribution < 1.29 is 24.2 Å². The molecule has 0 saturated heterocycles. The van der Waals surface area contributed by atoms with Crippen molar-refractivity contribution in [3.05, 3.63) is 0 Å². The lowest BCUT2D eigenvalue weighted by Crippen LogP contribution is -2.49. The number of ether oxygens (including phenoxy) is 1. The van der Waals surface area contributed by atoms with E-state index in [2.05, 4.69) is 5.32 Å². The lowest BCUT2D eigenvalue weighted by atomic mass is 10.0. The molecule has 1 rings (SSSR count). The topological polar surface area (TPSA) is 119 Å². The Balaban J connectivity index is 2.42. The predicted molar refractivity (Wildman–Crippen MR) is 70.7 cm³/mol. The Hall–Kier alpha value is -1.63. The number of carboxylic acids is 1. The molecule has 0 aromatic heterocycles. The summed E-state index contributed by atoms with van der Waals surface area (Å²) in [6.45, 7) is 3.83. The van der Waals surface area contributed by atoms with Crippen LogP contribution in [0.2, 0.25) is 0 Å². The van der Waals surface area contributed by atoms with E-state index in [0.717, 1.165) is 12.8 Å². The molecule has 114 valence electrons. The van der Waals surface area contributed by atoms with Crippen molar-refractivity contribution in [1.82, 2.24) is 5.32 Å². The average molecular weight is 286 g/mol. The van der Waals surface area contributed by atoms with Gasteiger partial charge in [-0.15, -0.1) is 0 Å². The first kappa shape index (κ1) is 16.4. The predicted octanol–water partition coefficient (Wildman–Crippen LogP) is -0.118. The second-order valence-corrected chi connectivity index (χ2v) is 5.47. The van der Waals surface area contributed by atoms with E-state index in [1.54, 1.807) is 0 Å². The molecule has 0 heterocycles. The van der Waals surface area contributed by atoms with Crippen molar-refractivity contribution in [3.63, 3.8) is 0 Å². The molecule has 0 bridgehead atoms. The van der Waals surface area contributed by atoms with Crippen LogP contribution in [0.1, 0.15) is 33.1 Å². The first-order valence-electron chi connectivity index (χ1n) is 6.75. The van der Waals surface area contributed by atoms with Gasteiger partial charge in [-0.3, -0.25) is 14.4 Å². The molecule has 1 aliphatic rings. The fourth-order valence-electron chi connectivity index (χ4n) is 1.58. The summed E-state index contributed by atoms with van der Waals surface area (Å²) < 4.78 is 5.14. The number of amides is 1. The van der Waals surface area contributed by atoms with Crippen LogP contribution in [0.5, 0.6) is 0 Å². The SMILES string of the molecule is CC(C)[C@@H](COC(=O)C1CC1)NC(=O)[C@H](N)CC(=O)O. The van der Waals surface area contributed by atoms with Crippen LogP contribution in [-0.4, -0.2) is 41.6 Å². The number of hydrogen-bond donors (Lipinski definition) is 3. The van der Waals surface area contributed by atoms with Gasteiger partial charge in [-0.1, -0.05) is 13.8 Å². The third kappa shape index (κ3) is 5.56. The summed E-state index contributed by atoms with van der Waals surface area (Å²) in [6, 6.07) is -1.47. The number of carbonyl (C=O) groups excluding carboxylic acids is 2. The molecular weight excluding hydrogens is 264 g/mol. The van der Waals surface area contributed by atoms with E-state index in [1.165, 1.54) is 0 Å². The minimum absolute atomic E-state index is 0.00720. The van der Waals surface area contributed by atoms with Crippen molar-refractivity contribution in [2.75, 3.05) is 6.61 Å². The molecule has 2 atom stereocenters. The molecule has 1 saturated carbocycles. The fourth-order valence-corrected chi connectivity index (χ4v) is 1.58. The number of carbonyl (C=O) groups is 3. The summed E-state index contributed by atoms with van der Waals surface area (Å²) in [6.07, 6.45) is 1.29. The van der Waals surface area contributed by atoms with Crippen LogP contribution in [0.4, 0.5) is 0 Å². The van der Waals surface area contributed by atoms with Gasteiger partial charge in [-0.2, -0.15) is 0 Å². The van der Waals surface area contributed by atoms with Gasteiger partial charge in [-0.05, 0) is 18.8 Å². The van der Waals surface area contributed by atoms with Crippen LogP contribution >= 0.6 is 0 Å². The Morgan fingerprint density at radius 3 is 2.40 bits per heavy atom. The van der Waals surface area contributed by atoms with Gasteiger partial charge in [0.05, 0.1) is 24.4 Å². The molecule has 0 unspecified atom stereocenters. The maximum Gasteiger partial charge on any atom is 0.309 e. The second-order valence-electron chi connectivity index (χ2n) is 5.47. The summed E-state index contributed by atoms with van der Waals surface area (Å²) in [7, 11) is 0. The van der Waals surface area contributed by atoms with Gasteiger partial charge in [0, 0.05) is 0 Å². The van der Waals surface area contributed by atoms with Crippen LogP contribution in [0.15, 0.2) is 0 Å². The summed E-state index contributed by atoms with van der Waals surface area (Å²) in [5, 5.41) is 11.2. The van der Waals surface area contributed by atoms with Crippen molar-refractivity contribution in [1.29, 1.82) is 0 Å². The molecule has 0 radical (unpaired) electrons. The lowest BCUT2D eigenvalue weighted by molar-refractivity contribution is -0.147. The highest BCUT2D eigenvalue weighted by Gasteiger charge is 2.32. The molecule has 4 N–H and O–H groups in total. The fraction of sp³-hybridized carbons (Fsp3) is 0.769. The van der Waals surface area contributed by atoms with Crippen LogP contribution < -0.4 is 11.1 Å². The van der Waals surface area contributed by atoms with E-state index in [0.29, 0.717) is 0 Å². The molecule has 7 heteroatoms. The molecule has 0 aliphatic heterocycles. The lowest BCUT2D eigenvalue weighted by Gasteiger charge is -2.23. The Morgan fingerprint density at radius 2 is 1.95 bits per heavy atom. The van der Waals surface area contributed by atoms with Gasteiger partial charge >= 0.3 is 11.9 Å². The van der Waals surface area contributed by atoms with Crippen molar-refractivity contribution in [2.24, 2.45) is 17.6 Å². The molecule has 7 nitrogen and oxygen atoms in total. The molecule has 1 aliphatic carbocycles. The molecule has 1 amide bonds. The molecule has 0 aromatic carbocycles. The van der Waals surface area contributed by atoms with Gasteiger partial charge < -0.3 is 20.9 Å². The average Bonchev–Trinajstić information content (AvgIpc) is 3.16. The highest BCUT2D eigenvalue weighted by molar-refractivity contribution is 5.86. The number of nitrogens with two attached hydrogens (primary N) is 1. The van der Waals surface area contributed by atoms with E-state index in [1.807, 2.05) is 13.8 Å². The zero-order valence-corrected chi connectivity index (χ0v) is 11.8. The number of rotatable bonds is 8. The Kier molecular flexibility index (Phi) is 5.94. The number of hydrogen-bond acceptors (Lipinski definition) is 5. The first-order chi connectivity index (χ1) is 9.31. The van der Waals surface area contributed by atoms with Crippen molar-refractivity contribution in [2.45, 2.75) is 45.2 Å². The van der Waals surface area contributed by atoms with E-state index >= 15 is 0 Å². The molecule has 0 aromatic rings. The van der Waals surface area contributed by atoms with Gasteiger partial charge in [0.25, 0.3) is 0 Å². The summed E-state index contributed by atoms with van der Waals surface area (Å²) in [5.74, 6) is -1.86. The smallest absolute Gasteiger partial charge is 0.309 e.